The van der Waals surface area contributed by atoms with Crippen molar-refractivity contribution in [1.29, 1.82) is 0 Å². The van der Waals surface area contributed by atoms with Gasteiger partial charge < -0.3 is 27.9 Å². The molecule has 0 aliphatic carbocycles. The van der Waals surface area contributed by atoms with Crippen LogP contribution in [0.2, 0.25) is 0 Å². The van der Waals surface area contributed by atoms with E-state index in [1.807, 2.05) is 33.3 Å². The quantitative estimate of drug-likeness (QED) is 0.0206. The second kappa shape index (κ2) is 35.9. The van der Waals surface area contributed by atoms with Crippen LogP contribution in [0, 0.1) is 0 Å². The average molecular weight is 776 g/mol. The molecule has 54 heavy (non-hydrogen) atoms. The van der Waals surface area contributed by atoms with Crippen molar-refractivity contribution in [3.05, 3.63) is 85.1 Å². The van der Waals surface area contributed by atoms with Gasteiger partial charge in [0.15, 0.2) is 6.10 Å². The van der Waals surface area contributed by atoms with Gasteiger partial charge in [0.2, 0.25) is 0 Å². The molecule has 0 fully saturated rings. The number of phosphoric ester groups is 1. The van der Waals surface area contributed by atoms with Crippen molar-refractivity contribution in [1.82, 2.24) is 0 Å². The van der Waals surface area contributed by atoms with Gasteiger partial charge in [-0.1, -0.05) is 131 Å². The summed E-state index contributed by atoms with van der Waals surface area (Å²) in [5.41, 5.74) is 0. The Bertz CT molecular complexity index is 1200. The Kier molecular flexibility index (Phi) is 34.0. The fourth-order valence-corrected chi connectivity index (χ4v) is 5.45. The zero-order chi connectivity index (χ0) is 40.0. The van der Waals surface area contributed by atoms with Gasteiger partial charge in [0.1, 0.15) is 19.8 Å². The molecule has 0 aliphatic heterocycles. The molecule has 0 heterocycles. The molecule has 0 aliphatic rings. The number of allylic oxidation sites excluding steroid dienone is 14. The van der Waals surface area contributed by atoms with Gasteiger partial charge in [-0.25, -0.2) is 0 Å². The number of carbonyl (C=O) groups excluding carboxylic acids is 2. The number of esters is 2. The van der Waals surface area contributed by atoms with E-state index in [1.165, 1.54) is 12.8 Å². The van der Waals surface area contributed by atoms with Crippen molar-refractivity contribution in [3.8, 4) is 0 Å². The molecular formula is C44H74NO8P. The minimum Gasteiger partial charge on any atom is -0.756 e. The zero-order valence-corrected chi connectivity index (χ0v) is 35.3. The monoisotopic (exact) mass is 776 g/mol. The number of hydrogen-bond donors (Lipinski definition) is 0. The maximum Gasteiger partial charge on any atom is 0.306 e. The van der Waals surface area contributed by atoms with Crippen LogP contribution in [0.3, 0.4) is 0 Å². The van der Waals surface area contributed by atoms with Crippen LogP contribution in [-0.4, -0.2) is 70.0 Å². The highest BCUT2D eigenvalue weighted by molar-refractivity contribution is 7.45. The minimum absolute atomic E-state index is 0.0482. The van der Waals surface area contributed by atoms with Gasteiger partial charge in [-0.2, -0.15) is 0 Å². The fraction of sp³-hybridized carbons (Fsp3) is 0.636. The highest BCUT2D eigenvalue weighted by Gasteiger charge is 2.21. The lowest BCUT2D eigenvalue weighted by Gasteiger charge is -2.28. The average Bonchev–Trinajstić information content (AvgIpc) is 3.12. The Labute approximate surface area is 329 Å². The summed E-state index contributed by atoms with van der Waals surface area (Å²) in [5.74, 6) is -0.955. The Hall–Kier alpha value is -2.81. The first-order chi connectivity index (χ1) is 26.0. The lowest BCUT2D eigenvalue weighted by Crippen LogP contribution is -2.37. The summed E-state index contributed by atoms with van der Waals surface area (Å²) >= 11 is 0. The summed E-state index contributed by atoms with van der Waals surface area (Å²) in [6.07, 6.45) is 44.9. The molecule has 10 heteroatoms. The van der Waals surface area contributed by atoms with Crippen molar-refractivity contribution in [3.63, 3.8) is 0 Å². The van der Waals surface area contributed by atoms with Crippen molar-refractivity contribution in [2.75, 3.05) is 47.5 Å². The van der Waals surface area contributed by atoms with Gasteiger partial charge in [0.05, 0.1) is 27.7 Å². The number of likely N-dealkylation sites (N-methyl/N-ethyl adjacent to an activating group) is 1. The van der Waals surface area contributed by atoms with Gasteiger partial charge in [-0.15, -0.1) is 0 Å². The molecule has 0 saturated carbocycles. The molecule has 308 valence electrons. The van der Waals surface area contributed by atoms with Crippen molar-refractivity contribution in [2.45, 2.75) is 136 Å². The number of carbonyl (C=O) groups is 2. The molecule has 1 unspecified atom stereocenters. The SMILES string of the molecule is CC/C=C\C/C=C\C/C=C\C/C=C\C/C=C\C/C=C\CCC(=O)OC[C@H](COP(=O)([O-])OCC[N+](C)(C)C)OC(=O)CCCCCCC/C=C\CCCC. The van der Waals surface area contributed by atoms with Gasteiger partial charge in [0.25, 0.3) is 7.82 Å². The van der Waals surface area contributed by atoms with E-state index in [1.54, 1.807) is 0 Å². The minimum atomic E-state index is -4.64. The van der Waals surface area contributed by atoms with Gasteiger partial charge >= 0.3 is 11.9 Å². The maximum absolute atomic E-state index is 12.6. The first-order valence-corrected chi connectivity index (χ1v) is 21.8. The third kappa shape index (κ3) is 38.9. The van der Waals surface area contributed by atoms with Crippen LogP contribution in [0.25, 0.3) is 0 Å². The molecule has 2 atom stereocenters. The normalized spacial score (nSPS) is 14.6. The number of nitrogens with zero attached hydrogens (tertiary/aromatic N) is 1. The van der Waals surface area contributed by atoms with E-state index in [4.69, 9.17) is 18.5 Å². The fourth-order valence-electron chi connectivity index (χ4n) is 4.72. The topological polar surface area (TPSA) is 111 Å². The van der Waals surface area contributed by atoms with Gasteiger partial charge in [0, 0.05) is 12.8 Å². The van der Waals surface area contributed by atoms with Crippen LogP contribution in [0.4, 0.5) is 0 Å². The molecule has 0 bridgehead atoms. The van der Waals surface area contributed by atoms with Crippen LogP contribution < -0.4 is 4.89 Å². The zero-order valence-electron chi connectivity index (χ0n) is 34.4. The lowest BCUT2D eigenvalue weighted by atomic mass is 10.1. The van der Waals surface area contributed by atoms with E-state index in [0.717, 1.165) is 77.0 Å². The number of phosphoric acid groups is 1. The third-order valence-corrected chi connectivity index (χ3v) is 8.88. The summed E-state index contributed by atoms with van der Waals surface area (Å²) in [7, 11) is 1.10. The third-order valence-electron chi connectivity index (χ3n) is 7.91. The van der Waals surface area contributed by atoms with Crippen LogP contribution in [0.15, 0.2) is 85.1 Å². The van der Waals surface area contributed by atoms with Crippen LogP contribution >= 0.6 is 7.82 Å². The maximum atomic E-state index is 12.6. The summed E-state index contributed by atoms with van der Waals surface area (Å²) in [6, 6.07) is 0. The Morgan fingerprint density at radius 3 is 1.65 bits per heavy atom. The predicted octanol–water partition coefficient (Wildman–Crippen LogP) is 10.6. The van der Waals surface area contributed by atoms with Crippen molar-refractivity contribution >= 4 is 19.8 Å². The highest BCUT2D eigenvalue weighted by Crippen LogP contribution is 2.38. The van der Waals surface area contributed by atoms with Gasteiger partial charge in [-0.3, -0.25) is 14.2 Å². The van der Waals surface area contributed by atoms with Gasteiger partial charge in [-0.05, 0) is 70.6 Å². The summed E-state index contributed by atoms with van der Waals surface area (Å²) in [6.45, 7) is 3.94. The van der Waals surface area contributed by atoms with E-state index >= 15 is 0 Å². The molecule has 0 aromatic carbocycles. The second-order valence-corrected chi connectivity index (χ2v) is 15.7. The number of hydrogen-bond acceptors (Lipinski definition) is 8. The van der Waals surface area contributed by atoms with E-state index in [-0.39, 0.29) is 26.1 Å². The van der Waals surface area contributed by atoms with E-state index in [0.29, 0.717) is 23.9 Å². The molecular weight excluding hydrogens is 701 g/mol. The van der Waals surface area contributed by atoms with Crippen LogP contribution in [0.1, 0.15) is 129 Å². The molecule has 0 aromatic rings. The van der Waals surface area contributed by atoms with Crippen molar-refractivity contribution in [2.24, 2.45) is 0 Å². The molecule has 0 saturated heterocycles. The molecule has 0 amide bonds. The van der Waals surface area contributed by atoms with E-state index in [9.17, 15) is 19.0 Å². The van der Waals surface area contributed by atoms with Crippen LogP contribution in [0.5, 0.6) is 0 Å². The number of quaternary nitrogens is 1. The smallest absolute Gasteiger partial charge is 0.306 e. The van der Waals surface area contributed by atoms with E-state index in [2.05, 4.69) is 86.8 Å². The molecule has 0 N–H and O–H groups in total. The van der Waals surface area contributed by atoms with Crippen molar-refractivity contribution < 1.29 is 42.1 Å². The van der Waals surface area contributed by atoms with E-state index < -0.39 is 32.5 Å². The molecule has 0 radical (unpaired) electrons. The predicted molar refractivity (Wildman–Crippen MR) is 222 cm³/mol. The largest absolute Gasteiger partial charge is 0.756 e. The molecule has 0 aromatic heterocycles. The summed E-state index contributed by atoms with van der Waals surface area (Å²) in [5, 5.41) is 0. The van der Waals surface area contributed by atoms with Crippen LogP contribution in [-0.2, 0) is 32.7 Å². The lowest BCUT2D eigenvalue weighted by molar-refractivity contribution is -0.870. The summed E-state index contributed by atoms with van der Waals surface area (Å²) < 4.78 is 33.7. The first kappa shape index (κ1) is 51.2. The standard InChI is InChI=1S/C44H74NO8P/c1-6-8-10-12-14-16-18-19-20-21-22-23-24-25-27-28-30-32-34-36-43(46)50-40-42(41-52-54(48,49)51-39-38-45(3,4)5)53-44(47)37-35-33-31-29-26-17-15-13-11-9-7-2/h8,10,13-16,19-20,22-23,25,27,30,32,42H,6-7,9,11-12,17-18,21,24,26,28-29,31,33-41H2,1-5H3/b10-8-,15-13-,16-14-,20-19-,23-22-,27-25-,32-30-/t42-/m1/s1. The second-order valence-electron chi connectivity index (χ2n) is 14.3. The first-order valence-electron chi connectivity index (χ1n) is 20.3. The molecule has 0 rings (SSSR count). The molecule has 0 spiro atoms. The number of unbranched alkanes of at least 4 members (excludes halogenated alkanes) is 7. The Balaban J connectivity index is 4.53. The Morgan fingerprint density at radius 2 is 1.09 bits per heavy atom. The summed E-state index contributed by atoms with van der Waals surface area (Å²) in [4.78, 5) is 37.3. The Morgan fingerprint density at radius 1 is 0.593 bits per heavy atom. The molecule has 9 nitrogen and oxygen atoms in total. The number of ether oxygens (including phenoxy) is 2. The number of rotatable bonds is 35. The highest BCUT2D eigenvalue weighted by atomic mass is 31.2.